The van der Waals surface area contributed by atoms with E-state index in [0.717, 1.165) is 18.4 Å². The zero-order valence-corrected chi connectivity index (χ0v) is 16.3. The summed E-state index contributed by atoms with van der Waals surface area (Å²) in [5.41, 5.74) is 1.35. The van der Waals surface area contributed by atoms with Crippen LogP contribution in [0.15, 0.2) is 36.5 Å². The van der Waals surface area contributed by atoms with Crippen LogP contribution in [0.5, 0.6) is 0 Å². The molecule has 1 aromatic carbocycles. The van der Waals surface area contributed by atoms with Crippen LogP contribution in [0.25, 0.3) is 10.9 Å². The van der Waals surface area contributed by atoms with E-state index >= 15 is 0 Å². The smallest absolute Gasteiger partial charge is 0.225 e. The third kappa shape index (κ3) is 6.05. The van der Waals surface area contributed by atoms with Crippen LogP contribution in [0.3, 0.4) is 0 Å². The molecule has 0 bridgehead atoms. The Bertz CT molecular complexity index is 847. The number of fused-ring (bicyclic) bond motifs is 1. The van der Waals surface area contributed by atoms with Crippen molar-refractivity contribution in [3.05, 3.63) is 36.5 Å². The molecule has 0 spiro atoms. The third-order valence-corrected chi connectivity index (χ3v) is 5.28. The van der Waals surface area contributed by atoms with E-state index in [4.69, 9.17) is 0 Å². The molecule has 0 aliphatic heterocycles. The number of benzene rings is 1. The average Bonchev–Trinajstić information content (AvgIpc) is 2.57. The molecule has 26 heavy (non-hydrogen) atoms. The zero-order valence-electron chi connectivity index (χ0n) is 15.5. The van der Waals surface area contributed by atoms with Crippen LogP contribution < -0.4 is 5.32 Å². The Balaban J connectivity index is 1.97. The number of aromatic nitrogens is 1. The van der Waals surface area contributed by atoms with E-state index in [9.17, 15) is 13.2 Å². The number of amides is 1. The molecule has 0 unspecified atom stereocenters. The molecule has 0 atom stereocenters. The number of pyridine rings is 1. The quantitative estimate of drug-likeness (QED) is 0.719. The maximum atomic E-state index is 12.3. The molecule has 1 aromatic heterocycles. The molecule has 1 N–H and O–H groups in total. The summed E-state index contributed by atoms with van der Waals surface area (Å²) in [6.07, 6.45) is 3.66. The second-order valence-corrected chi connectivity index (χ2v) is 8.48. The first-order valence-electron chi connectivity index (χ1n) is 8.51. The van der Waals surface area contributed by atoms with Crippen LogP contribution in [0.4, 0.5) is 5.69 Å². The molecule has 8 heteroatoms. The van der Waals surface area contributed by atoms with Crippen molar-refractivity contribution < 1.29 is 13.2 Å². The molecule has 2 aromatic rings. The van der Waals surface area contributed by atoms with Gasteiger partial charge in [0.15, 0.2) is 0 Å². The summed E-state index contributed by atoms with van der Waals surface area (Å²) in [7, 11) is 0.538. The van der Waals surface area contributed by atoms with Crippen molar-refractivity contribution in [3.8, 4) is 0 Å². The molecule has 1 heterocycles. The van der Waals surface area contributed by atoms with E-state index in [1.165, 1.54) is 10.6 Å². The van der Waals surface area contributed by atoms with Crippen molar-refractivity contribution in [2.45, 2.75) is 12.8 Å². The van der Waals surface area contributed by atoms with Gasteiger partial charge < -0.3 is 10.2 Å². The Morgan fingerprint density at radius 3 is 2.54 bits per heavy atom. The Kier molecular flexibility index (Phi) is 7.07. The lowest BCUT2D eigenvalue weighted by atomic mass is 10.2. The standard InChI is InChI=1S/C18H26N4O3S/c1-21(2)12-6-13-22(26(3,24)25)14-10-17(23)20-16-9-4-7-15-8-5-11-19-18(15)16/h4-5,7-9,11H,6,10,12-14H2,1-3H3,(H,20,23). The van der Waals surface area contributed by atoms with Gasteiger partial charge in [0.25, 0.3) is 0 Å². The second kappa shape index (κ2) is 9.07. The van der Waals surface area contributed by atoms with Crippen molar-refractivity contribution in [1.29, 1.82) is 0 Å². The number of para-hydroxylation sites is 1. The molecule has 0 radical (unpaired) electrons. The molecular formula is C18H26N4O3S. The van der Waals surface area contributed by atoms with Gasteiger partial charge in [0.05, 0.1) is 17.5 Å². The van der Waals surface area contributed by atoms with E-state index in [1.54, 1.807) is 12.3 Å². The highest BCUT2D eigenvalue weighted by atomic mass is 32.2. The molecule has 0 fully saturated rings. The number of carbonyl (C=O) groups excluding carboxylic acids is 1. The Labute approximate surface area is 155 Å². The van der Waals surface area contributed by atoms with Crippen LogP contribution in [-0.2, 0) is 14.8 Å². The normalized spacial score (nSPS) is 12.0. The lowest BCUT2D eigenvalue weighted by molar-refractivity contribution is -0.116. The number of nitrogens with zero attached hydrogens (tertiary/aromatic N) is 3. The Morgan fingerprint density at radius 1 is 1.12 bits per heavy atom. The number of carbonyl (C=O) groups is 1. The fourth-order valence-electron chi connectivity index (χ4n) is 2.65. The van der Waals surface area contributed by atoms with Crippen molar-refractivity contribution in [3.63, 3.8) is 0 Å². The van der Waals surface area contributed by atoms with Crippen LogP contribution >= 0.6 is 0 Å². The molecule has 7 nitrogen and oxygen atoms in total. The van der Waals surface area contributed by atoms with E-state index in [-0.39, 0.29) is 18.9 Å². The van der Waals surface area contributed by atoms with Gasteiger partial charge in [0.1, 0.15) is 0 Å². The molecule has 0 aliphatic rings. The van der Waals surface area contributed by atoms with Gasteiger partial charge >= 0.3 is 0 Å². The van der Waals surface area contributed by atoms with Gasteiger partial charge in [-0.05, 0) is 39.2 Å². The van der Waals surface area contributed by atoms with Gasteiger partial charge in [-0.25, -0.2) is 12.7 Å². The lowest BCUT2D eigenvalue weighted by Crippen LogP contribution is -2.35. The van der Waals surface area contributed by atoms with Crippen molar-refractivity contribution in [2.75, 3.05) is 45.3 Å². The van der Waals surface area contributed by atoms with E-state index in [0.29, 0.717) is 17.7 Å². The van der Waals surface area contributed by atoms with Crippen molar-refractivity contribution in [2.24, 2.45) is 0 Å². The van der Waals surface area contributed by atoms with E-state index < -0.39 is 10.0 Å². The topological polar surface area (TPSA) is 82.6 Å². The number of rotatable bonds is 9. The summed E-state index contributed by atoms with van der Waals surface area (Å²) < 4.78 is 25.2. The second-order valence-electron chi connectivity index (χ2n) is 6.50. The first kappa shape index (κ1) is 20.3. The zero-order chi connectivity index (χ0) is 19.2. The molecule has 0 saturated heterocycles. The summed E-state index contributed by atoms with van der Waals surface area (Å²) in [6, 6.07) is 9.33. The molecule has 0 aliphatic carbocycles. The minimum atomic E-state index is -3.34. The van der Waals surface area contributed by atoms with Crippen molar-refractivity contribution in [1.82, 2.24) is 14.2 Å². The summed E-state index contributed by atoms with van der Waals surface area (Å²) in [4.78, 5) is 18.6. The maximum absolute atomic E-state index is 12.3. The third-order valence-electron chi connectivity index (χ3n) is 3.98. The number of nitrogens with one attached hydrogen (secondary N) is 1. The van der Waals surface area contributed by atoms with E-state index in [1.807, 2.05) is 43.3 Å². The molecular weight excluding hydrogens is 352 g/mol. The highest BCUT2D eigenvalue weighted by molar-refractivity contribution is 7.88. The van der Waals surface area contributed by atoms with Crippen LogP contribution in [0.2, 0.25) is 0 Å². The fourth-order valence-corrected chi connectivity index (χ4v) is 3.53. The van der Waals surface area contributed by atoms with Crippen LogP contribution in [0.1, 0.15) is 12.8 Å². The van der Waals surface area contributed by atoms with Gasteiger partial charge in [-0.2, -0.15) is 0 Å². The fraction of sp³-hybridized carbons (Fsp3) is 0.444. The highest BCUT2D eigenvalue weighted by Gasteiger charge is 2.18. The van der Waals surface area contributed by atoms with Gasteiger partial charge in [0, 0.05) is 31.1 Å². The predicted octanol–water partition coefficient (Wildman–Crippen LogP) is 1.78. The molecule has 2 rings (SSSR count). The summed E-state index contributed by atoms with van der Waals surface area (Å²) in [5.74, 6) is -0.232. The molecule has 1 amide bonds. The first-order chi connectivity index (χ1) is 12.3. The van der Waals surface area contributed by atoms with Crippen LogP contribution in [0, 0.1) is 0 Å². The summed E-state index contributed by atoms with van der Waals surface area (Å²) in [6.45, 7) is 1.36. The largest absolute Gasteiger partial charge is 0.324 e. The number of anilines is 1. The molecule has 0 saturated carbocycles. The minimum absolute atomic E-state index is 0.0955. The highest BCUT2D eigenvalue weighted by Crippen LogP contribution is 2.20. The maximum Gasteiger partial charge on any atom is 0.225 e. The van der Waals surface area contributed by atoms with Gasteiger partial charge in [-0.15, -0.1) is 0 Å². The Morgan fingerprint density at radius 2 is 1.85 bits per heavy atom. The van der Waals surface area contributed by atoms with Crippen molar-refractivity contribution >= 4 is 32.5 Å². The SMILES string of the molecule is CN(C)CCCN(CCC(=O)Nc1cccc2cccnc12)S(C)(=O)=O. The minimum Gasteiger partial charge on any atom is -0.324 e. The Hall–Kier alpha value is -2.03. The number of hydrogen-bond acceptors (Lipinski definition) is 5. The number of sulfonamides is 1. The monoisotopic (exact) mass is 378 g/mol. The summed E-state index contributed by atoms with van der Waals surface area (Å²) >= 11 is 0. The van der Waals surface area contributed by atoms with E-state index in [2.05, 4.69) is 10.3 Å². The predicted molar refractivity (Wildman–Crippen MR) is 105 cm³/mol. The van der Waals surface area contributed by atoms with Crippen LogP contribution in [-0.4, -0.2) is 68.5 Å². The molecule has 142 valence electrons. The van der Waals surface area contributed by atoms with Gasteiger partial charge in [-0.1, -0.05) is 18.2 Å². The van der Waals surface area contributed by atoms with Gasteiger partial charge in [0.2, 0.25) is 15.9 Å². The first-order valence-corrected chi connectivity index (χ1v) is 10.4. The average molecular weight is 378 g/mol. The number of hydrogen-bond donors (Lipinski definition) is 1. The van der Waals surface area contributed by atoms with Gasteiger partial charge in [-0.3, -0.25) is 9.78 Å². The lowest BCUT2D eigenvalue weighted by Gasteiger charge is -2.20. The summed E-state index contributed by atoms with van der Waals surface area (Å²) in [5, 5.41) is 3.77.